The van der Waals surface area contributed by atoms with E-state index < -0.39 is 17.5 Å². The van der Waals surface area contributed by atoms with Crippen LogP contribution in [0.3, 0.4) is 0 Å². The van der Waals surface area contributed by atoms with Crippen molar-refractivity contribution in [2.24, 2.45) is 5.92 Å². The van der Waals surface area contributed by atoms with Crippen LogP contribution >= 0.6 is 0 Å². The van der Waals surface area contributed by atoms with Gasteiger partial charge in [-0.05, 0) is 57.9 Å². The summed E-state index contributed by atoms with van der Waals surface area (Å²) in [5.41, 5.74) is 1.42. The molecule has 2 rings (SSSR count). The molecular weight excluding hydrogens is 496 g/mol. The van der Waals surface area contributed by atoms with Crippen LogP contribution in [0.15, 0.2) is 30.5 Å². The molecule has 10 heteroatoms. The van der Waals surface area contributed by atoms with Crippen LogP contribution in [0.2, 0.25) is 0 Å². The van der Waals surface area contributed by atoms with Gasteiger partial charge < -0.3 is 25.4 Å². The second-order valence-electron chi connectivity index (χ2n) is 9.84. The molecule has 3 N–H and O–H groups in total. The Morgan fingerprint density at radius 3 is 2.54 bits per heavy atom. The van der Waals surface area contributed by atoms with Crippen LogP contribution in [-0.2, 0) is 19.1 Å². The number of unbranched alkanes of at least 4 members (excludes halogenated alkanes) is 1. The quantitative estimate of drug-likeness (QED) is 0.196. The van der Waals surface area contributed by atoms with Crippen molar-refractivity contribution < 1.29 is 19.1 Å². The molecule has 0 unspecified atom stereocenters. The van der Waals surface area contributed by atoms with E-state index in [1.54, 1.807) is 51.2 Å². The highest BCUT2D eigenvalue weighted by Crippen LogP contribution is 2.18. The molecule has 10 nitrogen and oxygen atoms in total. The number of hydrogen-bond acceptors (Lipinski definition) is 9. The predicted molar refractivity (Wildman–Crippen MR) is 150 cm³/mol. The molecule has 1 aromatic carbocycles. The molecule has 0 radical (unpaired) electrons. The number of rotatable bonds is 13. The lowest BCUT2D eigenvalue weighted by Crippen LogP contribution is -2.36. The number of nitrogens with one attached hydrogen (secondary N) is 3. The van der Waals surface area contributed by atoms with E-state index in [0.29, 0.717) is 42.3 Å². The highest BCUT2D eigenvalue weighted by molar-refractivity contribution is 5.84. The zero-order valence-corrected chi connectivity index (χ0v) is 23.4. The number of aromatic nitrogens is 2. The summed E-state index contributed by atoms with van der Waals surface area (Å²) in [6, 6.07) is 9.12. The third-order valence-electron chi connectivity index (χ3n) is 5.17. The van der Waals surface area contributed by atoms with Gasteiger partial charge in [-0.25, -0.2) is 4.98 Å². The zero-order valence-electron chi connectivity index (χ0n) is 23.4. The lowest BCUT2D eigenvalue weighted by Gasteiger charge is -2.21. The molecule has 1 heterocycles. The standard InChI is InChI=1S/C29H38N6O4/c1-6-15-31-26-22(19-33-28(35-26)34-24-13-11-21(18-30)12-14-24)10-8-7-9-16-32-27(37)23(20-38-5)17-25(36)39-29(2,3)4/h11-14,19,23H,6-7,9,15-17,20H2,1-5H3,(H,32,37)(H2,31,33,34,35)/t23-/m0/s1. The molecule has 208 valence electrons. The van der Waals surface area contributed by atoms with E-state index in [-0.39, 0.29) is 18.9 Å². The third-order valence-corrected chi connectivity index (χ3v) is 5.17. The molecule has 0 saturated heterocycles. The molecule has 39 heavy (non-hydrogen) atoms. The smallest absolute Gasteiger partial charge is 0.307 e. The van der Waals surface area contributed by atoms with Gasteiger partial charge in [0.25, 0.3) is 0 Å². The first-order valence-electron chi connectivity index (χ1n) is 13.0. The van der Waals surface area contributed by atoms with Gasteiger partial charge in [0.05, 0.1) is 42.3 Å². The van der Waals surface area contributed by atoms with Crippen LogP contribution in [0.25, 0.3) is 0 Å². The van der Waals surface area contributed by atoms with Crippen molar-refractivity contribution in [3.63, 3.8) is 0 Å². The lowest BCUT2D eigenvalue weighted by molar-refractivity contribution is -0.158. The maximum atomic E-state index is 12.5. The van der Waals surface area contributed by atoms with Crippen molar-refractivity contribution in [1.29, 1.82) is 5.26 Å². The van der Waals surface area contributed by atoms with Gasteiger partial charge >= 0.3 is 5.97 Å². The third kappa shape index (κ3) is 11.8. The SMILES string of the molecule is CCCNc1nc(Nc2ccc(C#N)cc2)ncc1C#CCCCNC(=O)[C@H](COC)CC(=O)OC(C)(C)C. The molecular formula is C29H38N6O4. The molecule has 0 aliphatic rings. The van der Waals surface area contributed by atoms with Crippen molar-refractivity contribution in [3.8, 4) is 17.9 Å². The first-order valence-corrected chi connectivity index (χ1v) is 13.0. The van der Waals surface area contributed by atoms with Gasteiger partial charge in [0.2, 0.25) is 11.9 Å². The minimum absolute atomic E-state index is 0.0414. The highest BCUT2D eigenvalue weighted by Gasteiger charge is 2.25. The fourth-order valence-corrected chi connectivity index (χ4v) is 3.37. The van der Waals surface area contributed by atoms with Crippen molar-refractivity contribution >= 4 is 29.3 Å². The minimum Gasteiger partial charge on any atom is -0.460 e. The Balaban J connectivity index is 1.91. The van der Waals surface area contributed by atoms with Crippen molar-refractivity contribution in [2.45, 2.75) is 59.0 Å². The molecule has 0 spiro atoms. The topological polar surface area (TPSA) is 138 Å². The number of ether oxygens (including phenoxy) is 2. The largest absolute Gasteiger partial charge is 0.460 e. The van der Waals surface area contributed by atoms with E-state index >= 15 is 0 Å². The molecule has 0 aliphatic carbocycles. The molecule has 2 aromatic rings. The van der Waals surface area contributed by atoms with E-state index in [0.717, 1.165) is 18.7 Å². The van der Waals surface area contributed by atoms with E-state index in [1.807, 2.05) is 0 Å². The fraction of sp³-hybridized carbons (Fsp3) is 0.483. The van der Waals surface area contributed by atoms with E-state index in [2.05, 4.69) is 50.8 Å². The number of benzene rings is 1. The number of carbonyl (C=O) groups is 2. The highest BCUT2D eigenvalue weighted by atomic mass is 16.6. The Kier molecular flexibility index (Phi) is 12.7. The summed E-state index contributed by atoms with van der Waals surface area (Å²) >= 11 is 0. The van der Waals surface area contributed by atoms with Gasteiger partial charge in [0.15, 0.2) is 0 Å². The number of nitriles is 1. The van der Waals surface area contributed by atoms with Gasteiger partial charge in [-0.3, -0.25) is 9.59 Å². The summed E-state index contributed by atoms with van der Waals surface area (Å²) in [6.07, 6.45) is 3.74. The van der Waals surface area contributed by atoms with Crippen molar-refractivity contribution in [3.05, 3.63) is 41.6 Å². The molecule has 1 amide bonds. The first-order chi connectivity index (χ1) is 18.6. The Labute approximate surface area is 230 Å². The number of methoxy groups -OCH3 is 1. The first kappa shape index (κ1) is 31.1. The maximum Gasteiger partial charge on any atom is 0.307 e. The van der Waals surface area contributed by atoms with Gasteiger partial charge in [-0.2, -0.15) is 10.2 Å². The van der Waals surface area contributed by atoms with Crippen LogP contribution in [0, 0.1) is 29.1 Å². The number of amides is 1. The Bertz CT molecular complexity index is 1190. The predicted octanol–water partition coefficient (Wildman–Crippen LogP) is 4.16. The van der Waals surface area contributed by atoms with Crippen molar-refractivity contribution in [2.75, 3.05) is 37.4 Å². The number of hydrogen-bond donors (Lipinski definition) is 3. The Hall–Kier alpha value is -4.15. The minimum atomic E-state index is -0.614. The molecule has 1 aromatic heterocycles. The second-order valence-corrected chi connectivity index (χ2v) is 9.84. The summed E-state index contributed by atoms with van der Waals surface area (Å²) in [5.74, 6) is 5.98. The lowest BCUT2D eigenvalue weighted by atomic mass is 10.1. The Morgan fingerprint density at radius 1 is 1.15 bits per heavy atom. The Morgan fingerprint density at radius 2 is 1.90 bits per heavy atom. The number of nitrogens with zero attached hydrogens (tertiary/aromatic N) is 3. The molecule has 0 bridgehead atoms. The van der Waals surface area contributed by atoms with Gasteiger partial charge in [-0.15, -0.1) is 0 Å². The average molecular weight is 535 g/mol. The molecule has 0 fully saturated rings. The molecule has 1 atom stereocenters. The molecule has 0 aliphatic heterocycles. The maximum absolute atomic E-state index is 12.5. The van der Waals surface area contributed by atoms with Gasteiger partial charge in [-0.1, -0.05) is 18.8 Å². The summed E-state index contributed by atoms with van der Waals surface area (Å²) < 4.78 is 10.4. The summed E-state index contributed by atoms with van der Waals surface area (Å²) in [4.78, 5) is 33.6. The fourth-order valence-electron chi connectivity index (χ4n) is 3.37. The summed E-state index contributed by atoms with van der Waals surface area (Å²) in [5, 5.41) is 18.2. The van der Waals surface area contributed by atoms with E-state index in [4.69, 9.17) is 14.7 Å². The van der Waals surface area contributed by atoms with Crippen LogP contribution in [0.5, 0.6) is 0 Å². The van der Waals surface area contributed by atoms with Gasteiger partial charge in [0, 0.05) is 32.3 Å². The molecule has 0 saturated carbocycles. The zero-order chi connectivity index (χ0) is 28.7. The normalized spacial score (nSPS) is 11.4. The van der Waals surface area contributed by atoms with Crippen LogP contribution < -0.4 is 16.0 Å². The van der Waals surface area contributed by atoms with Crippen LogP contribution in [0.4, 0.5) is 17.5 Å². The van der Waals surface area contributed by atoms with E-state index in [1.165, 1.54) is 7.11 Å². The number of anilines is 3. The van der Waals surface area contributed by atoms with Crippen molar-refractivity contribution in [1.82, 2.24) is 15.3 Å². The number of carbonyl (C=O) groups excluding carboxylic acids is 2. The van der Waals surface area contributed by atoms with Gasteiger partial charge in [0.1, 0.15) is 11.4 Å². The summed E-state index contributed by atoms with van der Waals surface area (Å²) in [7, 11) is 1.49. The number of esters is 1. The monoisotopic (exact) mass is 534 g/mol. The van der Waals surface area contributed by atoms with E-state index in [9.17, 15) is 9.59 Å². The van der Waals surface area contributed by atoms with Crippen LogP contribution in [0.1, 0.15) is 64.5 Å². The second kappa shape index (κ2) is 16.0. The summed E-state index contributed by atoms with van der Waals surface area (Å²) in [6.45, 7) is 8.72. The van der Waals surface area contributed by atoms with Crippen LogP contribution in [-0.4, -0.2) is 54.3 Å². The average Bonchev–Trinajstić information content (AvgIpc) is 2.89.